The molecular weight excluding hydrogens is 553 g/mol. The lowest BCUT2D eigenvalue weighted by molar-refractivity contribution is 0.394. The number of aromatic nitrogens is 3. The molecule has 1 aliphatic heterocycles. The molecule has 210 valence electrons. The lowest BCUT2D eigenvalue weighted by atomic mass is 10.1. The van der Waals surface area contributed by atoms with E-state index in [1.807, 2.05) is 24.3 Å². The quantitative estimate of drug-likeness (QED) is 0.279. The van der Waals surface area contributed by atoms with Crippen LogP contribution in [-0.2, 0) is 16.3 Å². The number of benzene rings is 2. The minimum atomic E-state index is -3.05. The molecule has 0 radical (unpaired) electrons. The molecule has 0 spiro atoms. The second kappa shape index (κ2) is 11.8. The standard InChI is InChI=1S/C28H30FN5O4S2/c1-4-5-25-33-26(18-14-20(37-2)17-21(15-18)38-3)27(39-25)23-8-9-30-28(32-23)31-19-6-7-24(22(29)16-19)34-10-12-40(35,36)13-11-34/h6-9,14-17H,4-5,10-13H2,1-3H3,(H,30,31,32). The van der Waals surface area contributed by atoms with Crippen LogP contribution in [0.15, 0.2) is 48.7 Å². The van der Waals surface area contributed by atoms with Crippen molar-refractivity contribution in [2.75, 3.05) is 49.0 Å². The van der Waals surface area contributed by atoms with E-state index in [-0.39, 0.29) is 24.6 Å². The van der Waals surface area contributed by atoms with Crippen molar-refractivity contribution in [3.8, 4) is 33.3 Å². The number of nitrogens with one attached hydrogen (secondary N) is 1. The molecule has 0 unspecified atom stereocenters. The highest BCUT2D eigenvalue weighted by Crippen LogP contribution is 2.39. The SMILES string of the molecule is CCCc1nc(-c2cc(OC)cc(OC)c2)c(-c2ccnc(Nc3ccc(N4CCS(=O)(=O)CC4)c(F)c3)n2)s1. The van der Waals surface area contributed by atoms with Crippen molar-refractivity contribution in [3.05, 3.63) is 59.5 Å². The number of aryl methyl sites for hydroxylation is 1. The molecule has 5 rings (SSSR count). The van der Waals surface area contributed by atoms with Crippen LogP contribution in [0.25, 0.3) is 21.8 Å². The highest BCUT2D eigenvalue weighted by atomic mass is 32.2. The summed E-state index contributed by atoms with van der Waals surface area (Å²) >= 11 is 1.57. The van der Waals surface area contributed by atoms with Gasteiger partial charge in [-0.1, -0.05) is 6.92 Å². The second-order valence-electron chi connectivity index (χ2n) is 9.33. The maximum Gasteiger partial charge on any atom is 0.227 e. The minimum Gasteiger partial charge on any atom is -0.497 e. The summed E-state index contributed by atoms with van der Waals surface area (Å²) in [5.41, 5.74) is 3.16. The topological polar surface area (TPSA) is 107 Å². The van der Waals surface area contributed by atoms with Crippen molar-refractivity contribution < 1.29 is 22.3 Å². The summed E-state index contributed by atoms with van der Waals surface area (Å²) in [6, 6.07) is 12.2. The number of hydrogen-bond donors (Lipinski definition) is 1. The lowest BCUT2D eigenvalue weighted by Gasteiger charge is -2.29. The molecule has 0 bridgehead atoms. The van der Waals surface area contributed by atoms with E-state index in [2.05, 4.69) is 17.2 Å². The Kier molecular flexibility index (Phi) is 8.17. The number of thiazole rings is 1. The van der Waals surface area contributed by atoms with Gasteiger partial charge in [0.1, 0.15) is 17.3 Å². The van der Waals surface area contributed by atoms with E-state index in [9.17, 15) is 8.42 Å². The van der Waals surface area contributed by atoms with Crippen LogP contribution in [-0.4, -0.2) is 62.2 Å². The molecule has 0 atom stereocenters. The summed E-state index contributed by atoms with van der Waals surface area (Å²) in [6.45, 7) is 2.65. The van der Waals surface area contributed by atoms with E-state index in [0.29, 0.717) is 34.5 Å². The zero-order valence-electron chi connectivity index (χ0n) is 22.5. The molecule has 1 N–H and O–H groups in total. The molecule has 1 saturated heterocycles. The van der Waals surface area contributed by atoms with Crippen LogP contribution in [0.4, 0.5) is 21.7 Å². The third-order valence-corrected chi connectivity index (χ3v) is 9.28. The first-order valence-corrected chi connectivity index (χ1v) is 15.5. The predicted octanol–water partition coefficient (Wildman–Crippen LogP) is 5.35. The average molecular weight is 584 g/mol. The maximum absolute atomic E-state index is 15.0. The van der Waals surface area contributed by atoms with Gasteiger partial charge in [-0.2, -0.15) is 0 Å². The van der Waals surface area contributed by atoms with Gasteiger partial charge in [0.15, 0.2) is 9.84 Å². The van der Waals surface area contributed by atoms with Gasteiger partial charge in [-0.25, -0.2) is 27.8 Å². The first-order valence-electron chi connectivity index (χ1n) is 12.9. The van der Waals surface area contributed by atoms with E-state index in [1.54, 1.807) is 48.8 Å². The lowest BCUT2D eigenvalue weighted by Crippen LogP contribution is -2.40. The van der Waals surface area contributed by atoms with Gasteiger partial charge >= 0.3 is 0 Å². The van der Waals surface area contributed by atoms with Crippen LogP contribution in [0.3, 0.4) is 0 Å². The summed E-state index contributed by atoms with van der Waals surface area (Å²) in [6.07, 6.45) is 3.45. The maximum atomic E-state index is 15.0. The summed E-state index contributed by atoms with van der Waals surface area (Å²) in [4.78, 5) is 16.6. The largest absolute Gasteiger partial charge is 0.497 e. The summed E-state index contributed by atoms with van der Waals surface area (Å²) in [5, 5.41) is 4.08. The minimum absolute atomic E-state index is 0.0230. The molecule has 2 aromatic carbocycles. The summed E-state index contributed by atoms with van der Waals surface area (Å²) in [7, 11) is 0.166. The van der Waals surface area contributed by atoms with Crippen LogP contribution in [0.2, 0.25) is 0 Å². The molecule has 12 heteroatoms. The Morgan fingerprint density at radius 2 is 1.75 bits per heavy atom. The van der Waals surface area contributed by atoms with E-state index < -0.39 is 15.7 Å². The smallest absolute Gasteiger partial charge is 0.227 e. The number of methoxy groups -OCH3 is 2. The fraction of sp³-hybridized carbons (Fsp3) is 0.321. The normalized spacial score (nSPS) is 14.7. The number of rotatable bonds is 9. The molecule has 0 saturated carbocycles. The number of halogens is 1. The molecule has 4 aromatic rings. The first-order chi connectivity index (χ1) is 19.3. The Bertz CT molecular complexity index is 1590. The monoisotopic (exact) mass is 583 g/mol. The third kappa shape index (κ3) is 6.18. The van der Waals surface area contributed by atoms with E-state index >= 15 is 4.39 Å². The second-order valence-corrected chi connectivity index (χ2v) is 12.7. The molecule has 3 heterocycles. The van der Waals surface area contributed by atoms with Crippen molar-refractivity contribution in [1.82, 2.24) is 15.0 Å². The molecule has 2 aromatic heterocycles. The molecule has 1 fully saturated rings. The average Bonchev–Trinajstić information content (AvgIpc) is 3.37. The Hall–Kier alpha value is -3.77. The van der Waals surface area contributed by atoms with Gasteiger partial charge in [0, 0.05) is 36.6 Å². The van der Waals surface area contributed by atoms with Crippen LogP contribution < -0.4 is 19.7 Å². The predicted molar refractivity (Wildman–Crippen MR) is 156 cm³/mol. The number of sulfone groups is 1. The van der Waals surface area contributed by atoms with Crippen molar-refractivity contribution >= 4 is 38.5 Å². The third-order valence-electron chi connectivity index (χ3n) is 6.54. The summed E-state index contributed by atoms with van der Waals surface area (Å²) < 4.78 is 49.4. The van der Waals surface area contributed by atoms with Crippen LogP contribution >= 0.6 is 11.3 Å². The van der Waals surface area contributed by atoms with Gasteiger partial charge in [-0.05, 0) is 49.2 Å². The molecule has 0 aliphatic carbocycles. The number of nitrogens with zero attached hydrogens (tertiary/aromatic N) is 4. The Morgan fingerprint density at radius 1 is 1.02 bits per heavy atom. The number of ether oxygens (including phenoxy) is 2. The van der Waals surface area contributed by atoms with Crippen LogP contribution in [0, 0.1) is 5.82 Å². The molecule has 40 heavy (non-hydrogen) atoms. The van der Waals surface area contributed by atoms with Crippen molar-refractivity contribution in [2.24, 2.45) is 0 Å². The number of anilines is 3. The molecular formula is C28H30FN5O4S2. The van der Waals surface area contributed by atoms with Gasteiger partial charge in [-0.3, -0.25) is 0 Å². The summed E-state index contributed by atoms with van der Waals surface area (Å²) in [5.74, 6) is 1.23. The highest BCUT2D eigenvalue weighted by Gasteiger charge is 2.24. The van der Waals surface area contributed by atoms with Crippen molar-refractivity contribution in [1.29, 1.82) is 0 Å². The zero-order valence-corrected chi connectivity index (χ0v) is 24.1. The van der Waals surface area contributed by atoms with Gasteiger partial charge in [0.25, 0.3) is 0 Å². The van der Waals surface area contributed by atoms with Crippen molar-refractivity contribution in [3.63, 3.8) is 0 Å². The Labute approximate surface area is 237 Å². The fourth-order valence-electron chi connectivity index (χ4n) is 4.47. The molecule has 9 nitrogen and oxygen atoms in total. The van der Waals surface area contributed by atoms with Gasteiger partial charge in [-0.15, -0.1) is 11.3 Å². The van der Waals surface area contributed by atoms with Crippen molar-refractivity contribution in [2.45, 2.75) is 19.8 Å². The highest BCUT2D eigenvalue weighted by molar-refractivity contribution is 7.91. The Balaban J connectivity index is 1.43. The van der Waals surface area contributed by atoms with Gasteiger partial charge in [0.05, 0.1) is 52.7 Å². The van der Waals surface area contributed by atoms with E-state index in [0.717, 1.165) is 34.0 Å². The molecule has 1 aliphatic rings. The number of hydrogen-bond acceptors (Lipinski definition) is 10. The fourth-order valence-corrected chi connectivity index (χ4v) is 6.83. The van der Waals surface area contributed by atoms with Crippen LogP contribution in [0.5, 0.6) is 11.5 Å². The van der Waals surface area contributed by atoms with Crippen LogP contribution in [0.1, 0.15) is 18.4 Å². The van der Waals surface area contributed by atoms with E-state index in [4.69, 9.17) is 19.4 Å². The van der Waals surface area contributed by atoms with E-state index in [1.165, 1.54) is 6.07 Å². The first kappa shape index (κ1) is 27.8. The van der Waals surface area contributed by atoms with Gasteiger partial charge in [0.2, 0.25) is 5.95 Å². The molecule has 0 amide bonds. The zero-order chi connectivity index (χ0) is 28.3. The van der Waals surface area contributed by atoms with Gasteiger partial charge < -0.3 is 19.7 Å². The Morgan fingerprint density at radius 3 is 2.40 bits per heavy atom.